The minimum atomic E-state index is 0.679. The number of rotatable bonds is 8. The number of nitrogens with one attached hydrogen (secondary N) is 2. The fraction of sp³-hybridized carbons (Fsp3) is 0.409. The summed E-state index contributed by atoms with van der Waals surface area (Å²) in [7, 11) is 5.90. The molecule has 2 aromatic rings. The molecule has 0 radical (unpaired) electrons. The largest absolute Gasteiger partial charge is 0.493 e. The molecular formula is C22H30N4O. The van der Waals surface area contributed by atoms with Crippen molar-refractivity contribution in [1.29, 1.82) is 0 Å². The molecular weight excluding hydrogens is 336 g/mol. The Morgan fingerprint density at radius 3 is 2.59 bits per heavy atom. The molecule has 0 aromatic heterocycles. The highest BCUT2D eigenvalue weighted by molar-refractivity contribution is 5.79. The molecule has 0 saturated heterocycles. The monoisotopic (exact) mass is 366 g/mol. The van der Waals surface area contributed by atoms with Crippen LogP contribution in [0.15, 0.2) is 53.5 Å². The molecule has 0 aliphatic heterocycles. The predicted octanol–water partition coefficient (Wildman–Crippen LogP) is 3.41. The highest BCUT2D eigenvalue weighted by Crippen LogP contribution is 2.30. The second-order valence-electron chi connectivity index (χ2n) is 7.21. The zero-order valence-corrected chi connectivity index (χ0v) is 16.5. The Morgan fingerprint density at radius 1 is 1.07 bits per heavy atom. The van der Waals surface area contributed by atoms with Gasteiger partial charge in [0.25, 0.3) is 0 Å². The lowest BCUT2D eigenvalue weighted by atomic mass is 10.2. The molecule has 5 nitrogen and oxygen atoms in total. The average Bonchev–Trinajstić information content (AvgIpc) is 3.52. The molecule has 1 aliphatic rings. The molecule has 0 bridgehead atoms. The van der Waals surface area contributed by atoms with E-state index in [2.05, 4.69) is 65.0 Å². The molecule has 1 saturated carbocycles. The Balaban J connectivity index is 1.53. The Hall–Kier alpha value is -2.69. The van der Waals surface area contributed by atoms with Crippen molar-refractivity contribution in [2.45, 2.75) is 25.9 Å². The minimum Gasteiger partial charge on any atom is -0.493 e. The summed E-state index contributed by atoms with van der Waals surface area (Å²) in [5.41, 5.74) is 3.56. The summed E-state index contributed by atoms with van der Waals surface area (Å²) >= 11 is 0. The number of anilines is 1. The molecule has 2 aromatic carbocycles. The fourth-order valence-corrected chi connectivity index (χ4v) is 2.81. The maximum absolute atomic E-state index is 5.99. The Morgan fingerprint density at radius 2 is 1.85 bits per heavy atom. The lowest BCUT2D eigenvalue weighted by Gasteiger charge is -2.16. The predicted molar refractivity (Wildman–Crippen MR) is 112 cm³/mol. The Bertz CT molecular complexity index is 768. The first-order chi connectivity index (χ1) is 13.2. The van der Waals surface area contributed by atoms with Crippen molar-refractivity contribution >= 4 is 11.6 Å². The first kappa shape index (κ1) is 19.1. The SMILES string of the molecule is CN=C(NCc1cccc(N(C)C)c1)NCc1ccccc1OCC1CC1. The van der Waals surface area contributed by atoms with E-state index in [-0.39, 0.29) is 0 Å². The van der Waals surface area contributed by atoms with Crippen molar-refractivity contribution in [3.63, 3.8) is 0 Å². The summed E-state index contributed by atoms with van der Waals surface area (Å²) in [5, 5.41) is 6.77. The van der Waals surface area contributed by atoms with Gasteiger partial charge < -0.3 is 20.3 Å². The van der Waals surface area contributed by atoms with Gasteiger partial charge in [-0.25, -0.2) is 0 Å². The molecule has 5 heteroatoms. The van der Waals surface area contributed by atoms with E-state index in [0.717, 1.165) is 36.3 Å². The number of benzene rings is 2. The highest BCUT2D eigenvalue weighted by atomic mass is 16.5. The quantitative estimate of drug-likeness (QED) is 0.555. The standard InChI is InChI=1S/C22H30N4O/c1-23-22(24-14-18-7-6-9-20(13-18)26(2)3)25-15-19-8-4-5-10-21(19)27-16-17-11-12-17/h4-10,13,17H,11-12,14-16H2,1-3H3,(H2,23,24,25). The molecule has 0 atom stereocenters. The number of guanidine groups is 1. The molecule has 0 spiro atoms. The van der Waals surface area contributed by atoms with E-state index in [4.69, 9.17) is 4.74 Å². The number of aliphatic imine (C=N–C) groups is 1. The van der Waals surface area contributed by atoms with Crippen molar-refractivity contribution in [1.82, 2.24) is 10.6 Å². The second-order valence-corrected chi connectivity index (χ2v) is 7.21. The van der Waals surface area contributed by atoms with Crippen molar-refractivity contribution < 1.29 is 4.74 Å². The van der Waals surface area contributed by atoms with Crippen LogP contribution in [0.1, 0.15) is 24.0 Å². The van der Waals surface area contributed by atoms with Gasteiger partial charge >= 0.3 is 0 Å². The van der Waals surface area contributed by atoms with Crippen LogP contribution in [-0.4, -0.2) is 33.7 Å². The normalized spacial score (nSPS) is 14.0. The smallest absolute Gasteiger partial charge is 0.191 e. The van der Waals surface area contributed by atoms with Crippen LogP contribution in [0.2, 0.25) is 0 Å². The van der Waals surface area contributed by atoms with Crippen LogP contribution in [0, 0.1) is 5.92 Å². The topological polar surface area (TPSA) is 48.9 Å². The fourth-order valence-electron chi connectivity index (χ4n) is 2.81. The number of hydrogen-bond donors (Lipinski definition) is 2. The minimum absolute atomic E-state index is 0.679. The summed E-state index contributed by atoms with van der Waals surface area (Å²) in [4.78, 5) is 6.44. The van der Waals surface area contributed by atoms with Gasteiger partial charge in [-0.3, -0.25) is 4.99 Å². The van der Waals surface area contributed by atoms with Crippen molar-refractivity contribution in [2.75, 3.05) is 32.6 Å². The van der Waals surface area contributed by atoms with Crippen LogP contribution >= 0.6 is 0 Å². The molecule has 2 N–H and O–H groups in total. The molecule has 1 fully saturated rings. The van der Waals surface area contributed by atoms with Crippen LogP contribution in [0.3, 0.4) is 0 Å². The van der Waals surface area contributed by atoms with E-state index in [1.165, 1.54) is 24.1 Å². The van der Waals surface area contributed by atoms with Crippen LogP contribution in [0.4, 0.5) is 5.69 Å². The van der Waals surface area contributed by atoms with Crippen LogP contribution < -0.4 is 20.3 Å². The summed E-state index contributed by atoms with van der Waals surface area (Å²) in [5.74, 6) is 2.49. The molecule has 1 aliphatic carbocycles. The first-order valence-electron chi connectivity index (χ1n) is 9.57. The molecule has 0 heterocycles. The van der Waals surface area contributed by atoms with Gasteiger partial charge in [0.05, 0.1) is 6.61 Å². The lowest BCUT2D eigenvalue weighted by Crippen LogP contribution is -2.36. The summed E-state index contributed by atoms with van der Waals surface area (Å²) in [6.07, 6.45) is 2.60. The van der Waals surface area contributed by atoms with Crippen LogP contribution in [0.25, 0.3) is 0 Å². The molecule has 0 amide bonds. The number of para-hydroxylation sites is 1. The summed E-state index contributed by atoms with van der Waals surface area (Å²) in [6.45, 7) is 2.23. The first-order valence-corrected chi connectivity index (χ1v) is 9.57. The summed E-state index contributed by atoms with van der Waals surface area (Å²) in [6, 6.07) is 16.7. The van der Waals surface area contributed by atoms with Gasteiger partial charge in [0.15, 0.2) is 5.96 Å². The second kappa shape index (κ2) is 9.31. The van der Waals surface area contributed by atoms with E-state index in [1.807, 2.05) is 18.2 Å². The van der Waals surface area contributed by atoms with E-state index in [0.29, 0.717) is 6.54 Å². The Labute approximate surface area is 162 Å². The van der Waals surface area contributed by atoms with Gasteiger partial charge in [0, 0.05) is 45.5 Å². The van der Waals surface area contributed by atoms with Gasteiger partial charge in [-0.05, 0) is 42.5 Å². The third-order valence-corrected chi connectivity index (χ3v) is 4.70. The number of hydrogen-bond acceptors (Lipinski definition) is 3. The van der Waals surface area contributed by atoms with Gasteiger partial charge in [-0.2, -0.15) is 0 Å². The van der Waals surface area contributed by atoms with Crippen LogP contribution in [-0.2, 0) is 13.1 Å². The van der Waals surface area contributed by atoms with E-state index in [1.54, 1.807) is 7.05 Å². The Kier molecular flexibility index (Phi) is 6.58. The number of ether oxygens (including phenoxy) is 1. The third-order valence-electron chi connectivity index (χ3n) is 4.70. The van der Waals surface area contributed by atoms with Crippen molar-refractivity contribution in [3.05, 3.63) is 59.7 Å². The lowest BCUT2D eigenvalue weighted by molar-refractivity contribution is 0.296. The van der Waals surface area contributed by atoms with Crippen molar-refractivity contribution in [3.8, 4) is 5.75 Å². The van der Waals surface area contributed by atoms with Crippen molar-refractivity contribution in [2.24, 2.45) is 10.9 Å². The van der Waals surface area contributed by atoms with E-state index >= 15 is 0 Å². The molecule has 27 heavy (non-hydrogen) atoms. The van der Waals surface area contributed by atoms with Gasteiger partial charge in [0.2, 0.25) is 0 Å². The zero-order valence-electron chi connectivity index (χ0n) is 16.5. The third kappa shape index (κ3) is 5.91. The summed E-state index contributed by atoms with van der Waals surface area (Å²) < 4.78 is 5.99. The molecule has 0 unspecified atom stereocenters. The van der Waals surface area contributed by atoms with Gasteiger partial charge in [-0.15, -0.1) is 0 Å². The van der Waals surface area contributed by atoms with Crippen LogP contribution in [0.5, 0.6) is 5.75 Å². The maximum atomic E-state index is 5.99. The maximum Gasteiger partial charge on any atom is 0.191 e. The zero-order chi connectivity index (χ0) is 19.1. The van der Waals surface area contributed by atoms with Gasteiger partial charge in [0.1, 0.15) is 5.75 Å². The number of nitrogens with zero attached hydrogens (tertiary/aromatic N) is 2. The average molecular weight is 367 g/mol. The van der Waals surface area contributed by atoms with E-state index in [9.17, 15) is 0 Å². The highest BCUT2D eigenvalue weighted by Gasteiger charge is 2.22. The van der Waals surface area contributed by atoms with E-state index < -0.39 is 0 Å². The molecule has 3 rings (SSSR count). The molecule has 144 valence electrons. The van der Waals surface area contributed by atoms with Gasteiger partial charge in [-0.1, -0.05) is 30.3 Å².